The number of hydrogen-bond donors (Lipinski definition) is 0. The lowest BCUT2D eigenvalue weighted by atomic mass is 10.2. The third-order valence-corrected chi connectivity index (χ3v) is 2.82. The molecule has 4 aromatic heterocycles. The molecule has 0 unspecified atom stereocenters. The molecule has 0 aliphatic heterocycles. The van der Waals surface area contributed by atoms with Crippen LogP contribution in [0.1, 0.15) is 0 Å². The summed E-state index contributed by atoms with van der Waals surface area (Å²) < 4.78 is 3.59. The van der Waals surface area contributed by atoms with Crippen LogP contribution >= 0.6 is 0 Å². The smallest absolute Gasteiger partial charge is 0.179 e. The third-order valence-electron chi connectivity index (χ3n) is 2.82. The van der Waals surface area contributed by atoms with Crippen molar-refractivity contribution in [1.82, 2.24) is 34.6 Å². The first-order valence-corrected chi connectivity index (χ1v) is 5.40. The SMILES string of the molecule is c1cc(-c2cccc3nnnn23)n2cnnc2c1. The van der Waals surface area contributed by atoms with E-state index in [1.54, 1.807) is 10.8 Å². The largest absolute Gasteiger partial charge is 0.280 e. The van der Waals surface area contributed by atoms with Gasteiger partial charge in [-0.2, -0.15) is 4.52 Å². The second kappa shape index (κ2) is 3.33. The lowest BCUT2D eigenvalue weighted by Gasteiger charge is -2.05. The van der Waals surface area contributed by atoms with Gasteiger partial charge in [-0.05, 0) is 34.7 Å². The Morgan fingerprint density at radius 2 is 1.67 bits per heavy atom. The molecule has 0 amide bonds. The molecule has 0 radical (unpaired) electrons. The molecule has 0 atom stereocenters. The Hall–Kier alpha value is -2.83. The minimum absolute atomic E-state index is 0.706. The molecule has 0 aliphatic carbocycles. The predicted molar refractivity (Wildman–Crippen MR) is 62.8 cm³/mol. The molecule has 0 spiro atoms. The zero-order chi connectivity index (χ0) is 11.9. The summed E-state index contributed by atoms with van der Waals surface area (Å²) in [5.41, 5.74) is 3.33. The van der Waals surface area contributed by atoms with Gasteiger partial charge in [-0.15, -0.1) is 15.3 Å². The lowest BCUT2D eigenvalue weighted by molar-refractivity contribution is 0.825. The molecule has 7 heteroatoms. The van der Waals surface area contributed by atoms with Crippen LogP contribution in [0.15, 0.2) is 42.7 Å². The van der Waals surface area contributed by atoms with Gasteiger partial charge in [-0.3, -0.25) is 4.40 Å². The van der Waals surface area contributed by atoms with E-state index in [9.17, 15) is 0 Å². The maximum absolute atomic E-state index is 4.02. The fourth-order valence-electron chi connectivity index (χ4n) is 2.02. The van der Waals surface area contributed by atoms with Crippen LogP contribution in [-0.4, -0.2) is 34.6 Å². The Morgan fingerprint density at radius 1 is 0.833 bits per heavy atom. The summed E-state index contributed by atoms with van der Waals surface area (Å²) in [5.74, 6) is 0. The molecule has 0 fully saturated rings. The molecule has 86 valence electrons. The zero-order valence-corrected chi connectivity index (χ0v) is 9.17. The first-order chi connectivity index (χ1) is 8.93. The van der Waals surface area contributed by atoms with Gasteiger partial charge in [0.25, 0.3) is 0 Å². The van der Waals surface area contributed by atoms with Crippen LogP contribution in [0.4, 0.5) is 0 Å². The van der Waals surface area contributed by atoms with Gasteiger partial charge in [0, 0.05) is 0 Å². The van der Waals surface area contributed by atoms with Crippen LogP contribution < -0.4 is 0 Å². The number of hydrogen-bond acceptors (Lipinski definition) is 5. The molecule has 0 saturated carbocycles. The van der Waals surface area contributed by atoms with Gasteiger partial charge in [0.15, 0.2) is 11.3 Å². The van der Waals surface area contributed by atoms with Gasteiger partial charge in [0.2, 0.25) is 0 Å². The molecule has 4 aromatic rings. The average molecular weight is 237 g/mol. The molecule has 0 aromatic carbocycles. The summed E-state index contributed by atoms with van der Waals surface area (Å²) in [7, 11) is 0. The summed E-state index contributed by atoms with van der Waals surface area (Å²) in [5, 5.41) is 19.5. The normalized spacial score (nSPS) is 11.3. The number of rotatable bonds is 1. The van der Waals surface area contributed by atoms with Gasteiger partial charge in [0.1, 0.15) is 6.33 Å². The van der Waals surface area contributed by atoms with Crippen molar-refractivity contribution in [2.45, 2.75) is 0 Å². The van der Waals surface area contributed by atoms with Crippen LogP contribution in [0.5, 0.6) is 0 Å². The highest BCUT2D eigenvalue weighted by Gasteiger charge is 2.09. The summed E-state index contributed by atoms with van der Waals surface area (Å²) in [4.78, 5) is 0. The van der Waals surface area contributed by atoms with Crippen molar-refractivity contribution >= 4 is 11.3 Å². The number of tetrazole rings is 1. The monoisotopic (exact) mass is 237 g/mol. The molecule has 7 nitrogen and oxygen atoms in total. The first-order valence-electron chi connectivity index (χ1n) is 5.40. The van der Waals surface area contributed by atoms with E-state index >= 15 is 0 Å². The van der Waals surface area contributed by atoms with E-state index in [-0.39, 0.29) is 0 Å². The van der Waals surface area contributed by atoms with Crippen molar-refractivity contribution in [3.8, 4) is 11.4 Å². The quantitative estimate of drug-likeness (QED) is 0.490. The summed E-state index contributed by atoms with van der Waals surface area (Å²) in [6, 6.07) is 11.5. The van der Waals surface area contributed by atoms with Gasteiger partial charge in [-0.25, -0.2) is 0 Å². The molecular weight excluding hydrogens is 230 g/mol. The van der Waals surface area contributed by atoms with E-state index in [0.717, 1.165) is 17.0 Å². The fraction of sp³-hybridized carbons (Fsp3) is 0. The fourth-order valence-corrected chi connectivity index (χ4v) is 2.02. The molecular formula is C11H7N7. The topological polar surface area (TPSA) is 73.3 Å². The molecule has 4 heterocycles. The molecule has 0 saturated heterocycles. The minimum Gasteiger partial charge on any atom is -0.280 e. The Kier molecular flexibility index (Phi) is 1.71. The Labute approximate surface area is 101 Å². The highest BCUT2D eigenvalue weighted by atomic mass is 15.5. The van der Waals surface area contributed by atoms with Crippen LogP contribution in [-0.2, 0) is 0 Å². The van der Waals surface area contributed by atoms with E-state index in [4.69, 9.17) is 0 Å². The van der Waals surface area contributed by atoms with Gasteiger partial charge in [0.05, 0.1) is 11.4 Å². The molecule has 18 heavy (non-hydrogen) atoms. The van der Waals surface area contributed by atoms with E-state index in [0.29, 0.717) is 5.65 Å². The van der Waals surface area contributed by atoms with Crippen LogP contribution in [0.2, 0.25) is 0 Å². The van der Waals surface area contributed by atoms with Crippen molar-refractivity contribution in [3.05, 3.63) is 42.7 Å². The van der Waals surface area contributed by atoms with Gasteiger partial charge < -0.3 is 0 Å². The van der Waals surface area contributed by atoms with E-state index in [1.807, 2.05) is 40.8 Å². The van der Waals surface area contributed by atoms with E-state index in [2.05, 4.69) is 25.7 Å². The predicted octanol–water partition coefficient (Wildman–Crippen LogP) is 0.834. The zero-order valence-electron chi connectivity index (χ0n) is 9.17. The molecule has 0 aliphatic rings. The van der Waals surface area contributed by atoms with Crippen molar-refractivity contribution in [2.75, 3.05) is 0 Å². The van der Waals surface area contributed by atoms with Crippen LogP contribution in [0, 0.1) is 0 Å². The maximum atomic E-state index is 4.02. The summed E-state index contributed by atoms with van der Waals surface area (Å²) in [6.45, 7) is 0. The Morgan fingerprint density at radius 3 is 2.61 bits per heavy atom. The maximum Gasteiger partial charge on any atom is 0.179 e. The van der Waals surface area contributed by atoms with Crippen molar-refractivity contribution in [2.24, 2.45) is 0 Å². The van der Waals surface area contributed by atoms with Crippen LogP contribution in [0.25, 0.3) is 22.7 Å². The standard InChI is InChI=1S/C11H7N7/c1-3-8(17-7-12-13-10(17)5-1)9-4-2-6-11-14-15-16-18(9)11/h1-7H. The molecule has 0 N–H and O–H groups in total. The lowest BCUT2D eigenvalue weighted by Crippen LogP contribution is -1.98. The number of fused-ring (bicyclic) bond motifs is 2. The highest BCUT2D eigenvalue weighted by molar-refractivity contribution is 5.62. The molecule has 4 rings (SSSR count). The highest BCUT2D eigenvalue weighted by Crippen LogP contribution is 2.19. The number of aromatic nitrogens is 7. The second-order valence-electron chi connectivity index (χ2n) is 3.83. The minimum atomic E-state index is 0.706. The summed E-state index contributed by atoms with van der Waals surface area (Å²) >= 11 is 0. The number of pyridine rings is 2. The van der Waals surface area contributed by atoms with E-state index < -0.39 is 0 Å². The Balaban J connectivity index is 2.13. The molecule has 0 bridgehead atoms. The van der Waals surface area contributed by atoms with Crippen molar-refractivity contribution in [3.63, 3.8) is 0 Å². The van der Waals surface area contributed by atoms with Crippen LogP contribution in [0.3, 0.4) is 0 Å². The second-order valence-corrected chi connectivity index (χ2v) is 3.83. The number of nitrogens with zero attached hydrogens (tertiary/aromatic N) is 7. The van der Waals surface area contributed by atoms with Gasteiger partial charge in [-0.1, -0.05) is 12.1 Å². The van der Waals surface area contributed by atoms with Gasteiger partial charge >= 0.3 is 0 Å². The average Bonchev–Trinajstić information content (AvgIpc) is 3.06. The van der Waals surface area contributed by atoms with Crippen molar-refractivity contribution < 1.29 is 0 Å². The third kappa shape index (κ3) is 1.15. The first kappa shape index (κ1) is 9.23. The van der Waals surface area contributed by atoms with E-state index in [1.165, 1.54) is 0 Å². The summed E-state index contributed by atoms with van der Waals surface area (Å²) in [6.07, 6.45) is 1.67. The Bertz CT molecular complexity index is 772. The van der Waals surface area contributed by atoms with Crippen molar-refractivity contribution in [1.29, 1.82) is 0 Å².